The summed E-state index contributed by atoms with van der Waals surface area (Å²) in [4.78, 5) is 22.9. The van der Waals surface area contributed by atoms with Gasteiger partial charge in [-0.15, -0.1) is 0 Å². The van der Waals surface area contributed by atoms with Crippen LogP contribution in [0.25, 0.3) is 0 Å². The second-order valence-electron chi connectivity index (χ2n) is 3.78. The van der Waals surface area contributed by atoms with E-state index in [-0.39, 0.29) is 5.69 Å². The number of nitrogens with zero attached hydrogens (tertiary/aromatic N) is 2. The van der Waals surface area contributed by atoms with Gasteiger partial charge < -0.3 is 5.73 Å². The van der Waals surface area contributed by atoms with Crippen LogP contribution in [-0.4, -0.2) is 11.0 Å². The Kier molecular flexibility index (Phi) is 3.42. The predicted octanol–water partition coefficient (Wildman–Crippen LogP) is 2.81. The molecule has 0 aliphatic heterocycles. The van der Waals surface area contributed by atoms with Crippen LogP contribution in [0, 0.1) is 10.1 Å². The van der Waals surface area contributed by atoms with Crippen LogP contribution in [-0.2, 0) is 0 Å². The van der Waals surface area contributed by atoms with Gasteiger partial charge in [-0.3, -0.25) is 15.0 Å². The smallest absolute Gasteiger partial charge is 0.323 e. The number of hydrogen-bond acceptors (Lipinski definition) is 3. The van der Waals surface area contributed by atoms with Gasteiger partial charge in [-0.1, -0.05) is 18.2 Å². The summed E-state index contributed by atoms with van der Waals surface area (Å²) in [5.74, 6) is 0. The molecule has 0 bridgehead atoms. The summed E-state index contributed by atoms with van der Waals surface area (Å²) in [5, 5.41) is 10.6. The lowest BCUT2D eigenvalue weighted by atomic mass is 10.2. The number of nitrogens with two attached hydrogens (primary N) is 1. The number of nitro benzene ring substituents is 1. The number of primary amides is 1. The number of urea groups is 1. The van der Waals surface area contributed by atoms with Crippen molar-refractivity contribution >= 4 is 23.1 Å². The largest absolute Gasteiger partial charge is 0.351 e. The summed E-state index contributed by atoms with van der Waals surface area (Å²) >= 11 is 0. The van der Waals surface area contributed by atoms with Gasteiger partial charge in [-0.2, -0.15) is 0 Å². The highest BCUT2D eigenvalue weighted by molar-refractivity contribution is 5.98. The van der Waals surface area contributed by atoms with Crippen molar-refractivity contribution in [2.75, 3.05) is 4.90 Å². The van der Waals surface area contributed by atoms with Crippen molar-refractivity contribution in [2.24, 2.45) is 5.73 Å². The van der Waals surface area contributed by atoms with Gasteiger partial charge in [0.15, 0.2) is 0 Å². The van der Waals surface area contributed by atoms with E-state index in [4.69, 9.17) is 5.73 Å². The van der Waals surface area contributed by atoms with E-state index in [0.717, 1.165) is 0 Å². The lowest BCUT2D eigenvalue weighted by Crippen LogP contribution is -2.31. The molecule has 2 N–H and O–H groups in total. The molecule has 0 saturated carbocycles. The Morgan fingerprint density at radius 3 is 2.00 bits per heavy atom. The molecule has 0 fully saturated rings. The fraction of sp³-hybridized carbons (Fsp3) is 0. The number of benzene rings is 2. The maximum Gasteiger partial charge on any atom is 0.323 e. The molecule has 0 saturated heterocycles. The first kappa shape index (κ1) is 12.6. The van der Waals surface area contributed by atoms with Crippen molar-refractivity contribution in [1.29, 1.82) is 0 Å². The van der Waals surface area contributed by atoms with Gasteiger partial charge in [-0.25, -0.2) is 4.79 Å². The van der Waals surface area contributed by atoms with Gasteiger partial charge in [0.2, 0.25) is 0 Å². The molecule has 0 aliphatic carbocycles. The predicted molar refractivity (Wildman–Crippen MR) is 71.3 cm³/mol. The lowest BCUT2D eigenvalue weighted by Gasteiger charge is -2.20. The van der Waals surface area contributed by atoms with Crippen molar-refractivity contribution < 1.29 is 9.72 Å². The number of carbonyl (C=O) groups is 1. The Morgan fingerprint density at radius 1 is 1.00 bits per heavy atom. The molecule has 2 rings (SSSR count). The number of carbonyl (C=O) groups excluding carboxylic acids is 1. The zero-order chi connectivity index (χ0) is 13.8. The summed E-state index contributed by atoms with van der Waals surface area (Å²) < 4.78 is 0. The zero-order valence-corrected chi connectivity index (χ0v) is 9.89. The van der Waals surface area contributed by atoms with Crippen LogP contribution in [0.4, 0.5) is 21.9 Å². The average molecular weight is 257 g/mol. The quantitative estimate of drug-likeness (QED) is 0.677. The number of amides is 2. The van der Waals surface area contributed by atoms with Gasteiger partial charge in [-0.05, 0) is 24.3 Å². The van der Waals surface area contributed by atoms with Crippen molar-refractivity contribution in [3.63, 3.8) is 0 Å². The van der Waals surface area contributed by atoms with Crippen LogP contribution in [0.15, 0.2) is 54.6 Å². The van der Waals surface area contributed by atoms with Crippen LogP contribution >= 0.6 is 0 Å². The molecule has 19 heavy (non-hydrogen) atoms. The van der Waals surface area contributed by atoms with E-state index < -0.39 is 11.0 Å². The molecular weight excluding hydrogens is 246 g/mol. The molecule has 6 nitrogen and oxygen atoms in total. The van der Waals surface area contributed by atoms with Crippen molar-refractivity contribution in [3.8, 4) is 0 Å². The summed E-state index contributed by atoms with van der Waals surface area (Å²) in [7, 11) is 0. The molecule has 0 aliphatic rings. The van der Waals surface area contributed by atoms with Crippen molar-refractivity contribution in [1.82, 2.24) is 0 Å². The molecule has 96 valence electrons. The normalized spacial score (nSPS) is 9.89. The highest BCUT2D eigenvalue weighted by atomic mass is 16.6. The first-order valence-corrected chi connectivity index (χ1v) is 5.48. The Labute approximate surface area is 109 Å². The molecule has 0 heterocycles. The topological polar surface area (TPSA) is 89.5 Å². The summed E-state index contributed by atoms with van der Waals surface area (Å²) in [6, 6.07) is 13.8. The van der Waals surface area contributed by atoms with Gasteiger partial charge in [0, 0.05) is 12.1 Å². The maximum atomic E-state index is 11.5. The lowest BCUT2D eigenvalue weighted by molar-refractivity contribution is -0.384. The number of para-hydroxylation sites is 1. The van der Waals surface area contributed by atoms with Crippen LogP contribution in [0.3, 0.4) is 0 Å². The van der Waals surface area contributed by atoms with E-state index in [1.54, 1.807) is 24.3 Å². The number of nitro groups is 1. The molecule has 2 amide bonds. The van der Waals surface area contributed by atoms with Crippen LogP contribution in [0.2, 0.25) is 0 Å². The van der Waals surface area contributed by atoms with Crippen molar-refractivity contribution in [3.05, 3.63) is 64.7 Å². The fourth-order valence-corrected chi connectivity index (χ4v) is 1.70. The minimum absolute atomic E-state index is 0.0405. The zero-order valence-electron chi connectivity index (χ0n) is 9.89. The van der Waals surface area contributed by atoms with E-state index in [2.05, 4.69) is 0 Å². The second kappa shape index (κ2) is 5.18. The number of anilines is 2. The number of rotatable bonds is 3. The standard InChI is InChI=1S/C13H11N3O3/c14-13(17)15(10-4-2-1-3-5-10)11-6-8-12(9-7-11)16(18)19/h1-9H,(H2,14,17). The Bertz CT molecular complexity index is 596. The number of hydrogen-bond donors (Lipinski definition) is 1. The highest BCUT2D eigenvalue weighted by Gasteiger charge is 2.15. The minimum atomic E-state index is -0.653. The second-order valence-corrected chi connectivity index (χ2v) is 3.78. The monoisotopic (exact) mass is 257 g/mol. The van der Waals surface area contributed by atoms with E-state index >= 15 is 0 Å². The molecule has 0 atom stereocenters. The third-order valence-electron chi connectivity index (χ3n) is 2.55. The number of non-ortho nitro benzene ring substituents is 1. The first-order valence-electron chi connectivity index (χ1n) is 5.48. The van der Waals surface area contributed by atoms with E-state index in [0.29, 0.717) is 11.4 Å². The van der Waals surface area contributed by atoms with Gasteiger partial charge in [0.05, 0.1) is 16.3 Å². The summed E-state index contributed by atoms with van der Waals surface area (Å²) in [5.41, 5.74) is 6.39. The molecule has 0 radical (unpaired) electrons. The van der Waals surface area contributed by atoms with E-state index in [1.807, 2.05) is 6.07 Å². The maximum absolute atomic E-state index is 11.5. The summed E-state index contributed by atoms with van der Waals surface area (Å²) in [6.07, 6.45) is 0. The Hall–Kier alpha value is -2.89. The summed E-state index contributed by atoms with van der Waals surface area (Å²) in [6.45, 7) is 0. The molecule has 0 spiro atoms. The fourth-order valence-electron chi connectivity index (χ4n) is 1.70. The SMILES string of the molecule is NC(=O)N(c1ccccc1)c1ccc([N+](=O)[O-])cc1. The molecular formula is C13H11N3O3. The van der Waals surface area contributed by atoms with Crippen LogP contribution in [0.5, 0.6) is 0 Å². The van der Waals surface area contributed by atoms with E-state index in [1.165, 1.54) is 29.2 Å². The van der Waals surface area contributed by atoms with Crippen molar-refractivity contribution in [2.45, 2.75) is 0 Å². The minimum Gasteiger partial charge on any atom is -0.351 e. The molecule has 0 aromatic heterocycles. The third-order valence-corrected chi connectivity index (χ3v) is 2.55. The Balaban J connectivity index is 2.40. The molecule has 6 heteroatoms. The van der Waals surface area contributed by atoms with E-state index in [9.17, 15) is 14.9 Å². The van der Waals surface area contributed by atoms with Gasteiger partial charge >= 0.3 is 6.03 Å². The molecule has 2 aromatic rings. The average Bonchev–Trinajstić information content (AvgIpc) is 2.40. The third kappa shape index (κ3) is 2.68. The molecule has 2 aromatic carbocycles. The van der Waals surface area contributed by atoms with Crippen LogP contribution < -0.4 is 10.6 Å². The molecule has 0 unspecified atom stereocenters. The first-order chi connectivity index (χ1) is 9.09. The van der Waals surface area contributed by atoms with Gasteiger partial charge in [0.1, 0.15) is 0 Å². The Morgan fingerprint density at radius 2 is 1.53 bits per heavy atom. The van der Waals surface area contributed by atoms with Crippen LogP contribution in [0.1, 0.15) is 0 Å². The van der Waals surface area contributed by atoms with Gasteiger partial charge in [0.25, 0.3) is 5.69 Å². The highest BCUT2D eigenvalue weighted by Crippen LogP contribution is 2.26.